The van der Waals surface area contributed by atoms with E-state index in [1.54, 1.807) is 6.92 Å². The number of nitrogens with zero attached hydrogens (tertiary/aromatic N) is 2. The molecule has 0 heterocycles. The van der Waals surface area contributed by atoms with Gasteiger partial charge in [0.2, 0.25) is 0 Å². The van der Waals surface area contributed by atoms with Gasteiger partial charge in [0.1, 0.15) is 19.5 Å². The fraction of sp³-hybridized carbons (Fsp3) is 0.286. The van der Waals surface area contributed by atoms with E-state index in [-0.39, 0.29) is 24.4 Å². The molecule has 10 heteroatoms. The predicted molar refractivity (Wildman–Crippen MR) is 107 cm³/mol. The number of carboxylic acid groups (broad SMARTS) is 1. The van der Waals surface area contributed by atoms with Crippen molar-refractivity contribution in [2.24, 2.45) is 10.3 Å². The maximum atomic E-state index is 13.4. The highest BCUT2D eigenvalue weighted by Crippen LogP contribution is 2.32. The molecule has 0 saturated carbocycles. The van der Waals surface area contributed by atoms with Gasteiger partial charge in [0.05, 0.1) is 17.0 Å². The molecule has 0 atom stereocenters. The van der Waals surface area contributed by atoms with Gasteiger partial charge in [-0.3, -0.25) is 4.79 Å². The molecule has 0 aromatic heterocycles. The average Bonchev–Trinajstić information content (AvgIpc) is 2.69. The molecule has 0 aliphatic heterocycles. The molecule has 1 N–H and O–H groups in total. The molecule has 2 aromatic carbocycles. The molecule has 0 bridgehead atoms. The summed E-state index contributed by atoms with van der Waals surface area (Å²) in [6.45, 7) is 5.01. The standard InChI is InChI=1S/C20H20F4N2O2.CH2O2/c1-12-6-5-7-16(14(3)25-27-4)17(12)11-28-26-13(2)15-8-9-19(21)18(10-15)20(22,23)24;2-1-3/h5-10H,11H2,1-4H3;1H,(H,2,3)/b25-14-,26-13+;. The summed E-state index contributed by atoms with van der Waals surface area (Å²) in [5, 5.41) is 14.7. The van der Waals surface area contributed by atoms with Gasteiger partial charge in [-0.1, -0.05) is 34.6 Å². The lowest BCUT2D eigenvalue weighted by Crippen LogP contribution is -2.10. The molecule has 0 spiro atoms. The van der Waals surface area contributed by atoms with Gasteiger partial charge < -0.3 is 14.8 Å². The van der Waals surface area contributed by atoms with Gasteiger partial charge in [0, 0.05) is 11.1 Å². The largest absolute Gasteiger partial charge is 0.483 e. The highest BCUT2D eigenvalue weighted by Gasteiger charge is 2.34. The van der Waals surface area contributed by atoms with E-state index < -0.39 is 17.6 Å². The Morgan fingerprint density at radius 1 is 1.13 bits per heavy atom. The Kier molecular flexibility index (Phi) is 9.65. The summed E-state index contributed by atoms with van der Waals surface area (Å²) in [6.07, 6.45) is -4.78. The van der Waals surface area contributed by atoms with Gasteiger partial charge in [0.15, 0.2) is 0 Å². The third kappa shape index (κ3) is 7.40. The normalized spacial score (nSPS) is 12.0. The fourth-order valence-electron chi connectivity index (χ4n) is 2.63. The van der Waals surface area contributed by atoms with E-state index in [1.807, 2.05) is 25.1 Å². The molecule has 168 valence electrons. The van der Waals surface area contributed by atoms with Crippen molar-refractivity contribution in [3.8, 4) is 0 Å². The summed E-state index contributed by atoms with van der Waals surface area (Å²) in [7, 11) is 1.45. The first kappa shape index (κ1) is 25.6. The molecule has 2 rings (SSSR count). The van der Waals surface area contributed by atoms with Crippen molar-refractivity contribution in [2.45, 2.75) is 33.6 Å². The number of alkyl halides is 3. The van der Waals surface area contributed by atoms with E-state index in [0.717, 1.165) is 22.8 Å². The Hall–Kier alpha value is -3.43. The molecule has 2 aromatic rings. The summed E-state index contributed by atoms with van der Waals surface area (Å²) in [4.78, 5) is 18.5. The Morgan fingerprint density at radius 2 is 1.77 bits per heavy atom. The van der Waals surface area contributed by atoms with Crippen LogP contribution >= 0.6 is 0 Å². The van der Waals surface area contributed by atoms with Crippen LogP contribution in [0.1, 0.15) is 41.7 Å². The molecule has 31 heavy (non-hydrogen) atoms. The molecule has 0 fully saturated rings. The maximum absolute atomic E-state index is 13.4. The molecule has 0 radical (unpaired) electrons. The van der Waals surface area contributed by atoms with Crippen molar-refractivity contribution in [3.05, 3.63) is 70.0 Å². The molecule has 0 saturated heterocycles. The van der Waals surface area contributed by atoms with Gasteiger partial charge in [-0.15, -0.1) is 0 Å². The molecule has 0 aliphatic carbocycles. The number of benzene rings is 2. The first-order valence-electron chi connectivity index (χ1n) is 8.84. The monoisotopic (exact) mass is 442 g/mol. The van der Waals surface area contributed by atoms with Crippen LogP contribution in [0.4, 0.5) is 17.6 Å². The summed E-state index contributed by atoms with van der Waals surface area (Å²) < 4.78 is 52.0. The zero-order chi connectivity index (χ0) is 23.6. The second kappa shape index (κ2) is 11.7. The lowest BCUT2D eigenvalue weighted by atomic mass is 10.00. The third-order valence-corrected chi connectivity index (χ3v) is 4.13. The number of hydrogen-bond donors (Lipinski definition) is 1. The summed E-state index contributed by atoms with van der Waals surface area (Å²) >= 11 is 0. The number of hydrogen-bond acceptors (Lipinski definition) is 5. The van der Waals surface area contributed by atoms with Crippen molar-refractivity contribution in [3.63, 3.8) is 0 Å². The first-order valence-corrected chi connectivity index (χ1v) is 8.84. The second-order valence-electron chi connectivity index (χ2n) is 6.21. The number of oxime groups is 2. The van der Waals surface area contributed by atoms with Crippen LogP contribution in [0.2, 0.25) is 0 Å². The van der Waals surface area contributed by atoms with E-state index in [0.29, 0.717) is 11.8 Å². The van der Waals surface area contributed by atoms with Gasteiger partial charge in [-0.2, -0.15) is 13.2 Å². The van der Waals surface area contributed by atoms with Crippen LogP contribution in [0.5, 0.6) is 0 Å². The van der Waals surface area contributed by atoms with Gasteiger partial charge >= 0.3 is 6.18 Å². The summed E-state index contributed by atoms with van der Waals surface area (Å²) in [5.41, 5.74) is 2.21. The van der Waals surface area contributed by atoms with E-state index in [1.165, 1.54) is 20.1 Å². The molecule has 6 nitrogen and oxygen atoms in total. The molecule has 0 unspecified atom stereocenters. The Bertz CT molecular complexity index is 957. The fourth-order valence-corrected chi connectivity index (χ4v) is 2.63. The highest BCUT2D eigenvalue weighted by molar-refractivity contribution is 6.00. The number of aryl methyl sites for hydroxylation is 1. The maximum Gasteiger partial charge on any atom is 0.419 e. The molecule has 0 aliphatic rings. The van der Waals surface area contributed by atoms with Gasteiger partial charge in [0.25, 0.3) is 6.47 Å². The third-order valence-electron chi connectivity index (χ3n) is 4.13. The van der Waals surface area contributed by atoms with Gasteiger partial charge in [-0.05, 0) is 44.0 Å². The Balaban J connectivity index is 0.00000151. The lowest BCUT2D eigenvalue weighted by molar-refractivity contribution is -0.140. The Morgan fingerprint density at radius 3 is 2.35 bits per heavy atom. The molecular weight excluding hydrogens is 420 g/mol. The molecule has 0 amide bonds. The van der Waals surface area contributed by atoms with E-state index in [2.05, 4.69) is 10.3 Å². The van der Waals surface area contributed by atoms with Crippen molar-refractivity contribution < 1.29 is 37.1 Å². The van der Waals surface area contributed by atoms with Crippen LogP contribution in [0.15, 0.2) is 46.7 Å². The number of carbonyl (C=O) groups is 1. The average molecular weight is 442 g/mol. The van der Waals surface area contributed by atoms with Crippen LogP contribution < -0.4 is 0 Å². The lowest BCUT2D eigenvalue weighted by Gasteiger charge is -2.12. The zero-order valence-corrected chi connectivity index (χ0v) is 17.3. The number of halogens is 4. The van der Waals surface area contributed by atoms with E-state index in [9.17, 15) is 17.6 Å². The van der Waals surface area contributed by atoms with E-state index in [4.69, 9.17) is 19.6 Å². The van der Waals surface area contributed by atoms with Crippen LogP contribution in [0.3, 0.4) is 0 Å². The van der Waals surface area contributed by atoms with Crippen LogP contribution in [-0.2, 0) is 27.3 Å². The second-order valence-corrected chi connectivity index (χ2v) is 6.21. The van der Waals surface area contributed by atoms with Crippen LogP contribution in [0, 0.1) is 12.7 Å². The van der Waals surface area contributed by atoms with Crippen LogP contribution in [-0.4, -0.2) is 30.1 Å². The van der Waals surface area contributed by atoms with Crippen molar-refractivity contribution in [1.29, 1.82) is 0 Å². The minimum atomic E-state index is -4.78. The quantitative estimate of drug-likeness (QED) is 0.290. The van der Waals surface area contributed by atoms with Crippen LogP contribution in [0.25, 0.3) is 0 Å². The van der Waals surface area contributed by atoms with Crippen molar-refractivity contribution in [2.75, 3.05) is 7.11 Å². The topological polar surface area (TPSA) is 80.5 Å². The zero-order valence-electron chi connectivity index (χ0n) is 17.3. The minimum absolute atomic E-state index is 0.0866. The highest BCUT2D eigenvalue weighted by atomic mass is 19.4. The molecular formula is C21H22F4N2O4. The predicted octanol–water partition coefficient (Wildman–Crippen LogP) is 5.16. The van der Waals surface area contributed by atoms with Gasteiger partial charge in [-0.25, -0.2) is 4.39 Å². The smallest absolute Gasteiger partial charge is 0.419 e. The van der Waals surface area contributed by atoms with Crippen molar-refractivity contribution in [1.82, 2.24) is 0 Å². The van der Waals surface area contributed by atoms with E-state index >= 15 is 0 Å². The number of rotatable bonds is 6. The Labute approximate surface area is 176 Å². The minimum Gasteiger partial charge on any atom is -0.483 e. The SMILES string of the molecule is CO/N=C(/C)c1cccc(C)c1CO/N=C(\C)c1ccc(F)c(C(F)(F)F)c1.O=CO. The first-order chi connectivity index (χ1) is 14.6. The summed E-state index contributed by atoms with van der Waals surface area (Å²) in [5.74, 6) is -1.33. The summed E-state index contributed by atoms with van der Waals surface area (Å²) in [6, 6.07) is 8.33. The van der Waals surface area contributed by atoms with Crippen molar-refractivity contribution >= 4 is 17.9 Å².